The molecule has 0 spiro atoms. The van der Waals surface area contributed by atoms with Crippen LogP contribution in [-0.4, -0.2) is 37.0 Å². The van der Waals surface area contributed by atoms with Gasteiger partial charge in [-0.15, -0.1) is 0 Å². The predicted molar refractivity (Wildman–Crippen MR) is 78.2 cm³/mol. The van der Waals surface area contributed by atoms with Gasteiger partial charge in [-0.05, 0) is 43.9 Å². The minimum absolute atomic E-state index is 0.261. The number of nitrogens with zero attached hydrogens (tertiary/aromatic N) is 1. The van der Waals surface area contributed by atoms with Crippen LogP contribution in [0.15, 0.2) is 24.3 Å². The minimum atomic E-state index is 0.261. The summed E-state index contributed by atoms with van der Waals surface area (Å²) in [6.45, 7) is 4.13. The molecule has 3 nitrogen and oxygen atoms in total. The Kier molecular flexibility index (Phi) is 4.97. The molecule has 1 saturated heterocycles. The van der Waals surface area contributed by atoms with Gasteiger partial charge in [-0.2, -0.15) is 0 Å². The Labute approximate surface area is 116 Å². The van der Waals surface area contributed by atoms with Crippen molar-refractivity contribution in [2.45, 2.75) is 38.6 Å². The van der Waals surface area contributed by atoms with E-state index in [9.17, 15) is 4.79 Å². The maximum absolute atomic E-state index is 12.2. The van der Waals surface area contributed by atoms with Crippen LogP contribution in [0.2, 0.25) is 0 Å². The lowest BCUT2D eigenvalue weighted by Crippen LogP contribution is -2.46. The lowest BCUT2D eigenvalue weighted by Gasteiger charge is -2.31. The first-order chi connectivity index (χ1) is 9.18. The van der Waals surface area contributed by atoms with E-state index in [1.165, 1.54) is 17.5 Å². The van der Waals surface area contributed by atoms with Crippen molar-refractivity contribution in [1.82, 2.24) is 10.2 Å². The fourth-order valence-electron chi connectivity index (χ4n) is 2.68. The number of carbonyl (C=O) groups excluding carboxylic acids is 1. The molecule has 1 aliphatic rings. The Bertz CT molecular complexity index is 425. The van der Waals surface area contributed by atoms with Gasteiger partial charge < -0.3 is 10.2 Å². The van der Waals surface area contributed by atoms with Gasteiger partial charge in [0.15, 0.2) is 0 Å². The molecule has 0 saturated carbocycles. The third-order valence-electron chi connectivity index (χ3n) is 4.08. The largest absolute Gasteiger partial charge is 0.341 e. The molecule has 0 bridgehead atoms. The van der Waals surface area contributed by atoms with Crippen LogP contribution in [0.5, 0.6) is 0 Å². The second-order valence-corrected chi connectivity index (χ2v) is 5.43. The Morgan fingerprint density at radius 3 is 2.89 bits per heavy atom. The number of likely N-dealkylation sites (N-methyl/N-ethyl adjacent to an activating group) is 1. The van der Waals surface area contributed by atoms with Crippen LogP contribution in [0.25, 0.3) is 0 Å². The smallest absolute Gasteiger partial charge is 0.222 e. The zero-order valence-electron chi connectivity index (χ0n) is 12.0. The second kappa shape index (κ2) is 6.71. The van der Waals surface area contributed by atoms with E-state index in [1.54, 1.807) is 0 Å². The molecule has 1 amide bonds. The molecule has 19 heavy (non-hydrogen) atoms. The molecule has 0 aromatic heterocycles. The van der Waals surface area contributed by atoms with Gasteiger partial charge in [0.2, 0.25) is 5.91 Å². The third kappa shape index (κ3) is 3.80. The first-order valence-electron chi connectivity index (χ1n) is 7.19. The Morgan fingerprint density at radius 2 is 2.21 bits per heavy atom. The van der Waals surface area contributed by atoms with E-state index in [2.05, 4.69) is 24.4 Å². The summed E-state index contributed by atoms with van der Waals surface area (Å²) in [7, 11) is 1.94. The molecule has 1 aromatic carbocycles. The van der Waals surface area contributed by atoms with Gasteiger partial charge in [0.05, 0.1) is 0 Å². The molecule has 2 rings (SSSR count). The summed E-state index contributed by atoms with van der Waals surface area (Å²) >= 11 is 0. The zero-order valence-corrected chi connectivity index (χ0v) is 12.0. The van der Waals surface area contributed by atoms with Crippen LogP contribution in [0.4, 0.5) is 0 Å². The van der Waals surface area contributed by atoms with Gasteiger partial charge in [-0.25, -0.2) is 0 Å². The lowest BCUT2D eigenvalue weighted by molar-refractivity contribution is -0.132. The number of hydrogen-bond donors (Lipinski definition) is 1. The van der Waals surface area contributed by atoms with Crippen molar-refractivity contribution in [1.29, 1.82) is 0 Å². The molecular weight excluding hydrogens is 236 g/mol. The molecule has 104 valence electrons. The zero-order chi connectivity index (χ0) is 13.7. The van der Waals surface area contributed by atoms with E-state index >= 15 is 0 Å². The standard InChI is InChI=1S/C16H24N2O/c1-13-6-3-4-7-14(13)9-10-16(19)18(2)15-8-5-11-17-12-15/h3-4,6-7,15,17H,5,8-12H2,1-2H3. The Morgan fingerprint density at radius 1 is 1.42 bits per heavy atom. The quantitative estimate of drug-likeness (QED) is 0.899. The van der Waals surface area contributed by atoms with Crippen LogP contribution < -0.4 is 5.32 Å². The summed E-state index contributed by atoms with van der Waals surface area (Å²) in [5, 5.41) is 3.36. The van der Waals surface area contributed by atoms with E-state index in [0.717, 1.165) is 25.9 Å². The Balaban J connectivity index is 1.85. The molecule has 0 radical (unpaired) electrons. The van der Waals surface area contributed by atoms with Gasteiger partial charge in [-0.1, -0.05) is 24.3 Å². The maximum Gasteiger partial charge on any atom is 0.222 e. The number of aryl methyl sites for hydroxylation is 2. The van der Waals surface area contributed by atoms with Gasteiger partial charge in [-0.3, -0.25) is 4.79 Å². The van der Waals surface area contributed by atoms with E-state index in [4.69, 9.17) is 0 Å². The number of amides is 1. The summed E-state index contributed by atoms with van der Waals surface area (Å²) in [6, 6.07) is 8.68. The second-order valence-electron chi connectivity index (χ2n) is 5.43. The van der Waals surface area contributed by atoms with Crippen molar-refractivity contribution in [2.24, 2.45) is 0 Å². The average Bonchev–Trinajstić information content (AvgIpc) is 2.46. The SMILES string of the molecule is Cc1ccccc1CCC(=O)N(C)C1CCCNC1. The minimum Gasteiger partial charge on any atom is -0.341 e. The fourth-order valence-corrected chi connectivity index (χ4v) is 2.68. The van der Waals surface area contributed by atoms with Gasteiger partial charge in [0.1, 0.15) is 0 Å². The monoisotopic (exact) mass is 260 g/mol. The highest BCUT2D eigenvalue weighted by molar-refractivity contribution is 5.76. The lowest BCUT2D eigenvalue weighted by atomic mass is 10.0. The number of piperidine rings is 1. The molecule has 0 aliphatic carbocycles. The summed E-state index contributed by atoms with van der Waals surface area (Å²) in [5.41, 5.74) is 2.56. The van der Waals surface area contributed by atoms with Crippen LogP contribution in [0.3, 0.4) is 0 Å². The number of nitrogens with one attached hydrogen (secondary N) is 1. The average molecular weight is 260 g/mol. The molecule has 1 unspecified atom stereocenters. The molecule has 1 atom stereocenters. The highest BCUT2D eigenvalue weighted by atomic mass is 16.2. The maximum atomic E-state index is 12.2. The van der Waals surface area contributed by atoms with Crippen LogP contribution in [-0.2, 0) is 11.2 Å². The van der Waals surface area contributed by atoms with Crippen molar-refractivity contribution in [2.75, 3.05) is 20.1 Å². The Hall–Kier alpha value is -1.35. The van der Waals surface area contributed by atoms with E-state index in [1.807, 2.05) is 24.1 Å². The normalized spacial score (nSPS) is 19.2. The van der Waals surface area contributed by atoms with Crippen LogP contribution in [0.1, 0.15) is 30.4 Å². The van der Waals surface area contributed by atoms with Gasteiger partial charge in [0.25, 0.3) is 0 Å². The number of rotatable bonds is 4. The summed E-state index contributed by atoms with van der Waals surface area (Å²) in [6.07, 6.45) is 3.74. The molecule has 3 heteroatoms. The topological polar surface area (TPSA) is 32.3 Å². The van der Waals surface area contributed by atoms with E-state index in [0.29, 0.717) is 12.5 Å². The summed E-state index contributed by atoms with van der Waals surface area (Å²) < 4.78 is 0. The van der Waals surface area contributed by atoms with Crippen molar-refractivity contribution in [3.63, 3.8) is 0 Å². The van der Waals surface area contributed by atoms with Gasteiger partial charge in [0, 0.05) is 26.1 Å². The van der Waals surface area contributed by atoms with Crippen molar-refractivity contribution in [3.05, 3.63) is 35.4 Å². The van der Waals surface area contributed by atoms with E-state index < -0.39 is 0 Å². The molecule has 1 N–H and O–H groups in total. The molecular formula is C16H24N2O. The van der Waals surface area contributed by atoms with Crippen molar-refractivity contribution >= 4 is 5.91 Å². The van der Waals surface area contributed by atoms with Gasteiger partial charge >= 0.3 is 0 Å². The molecule has 1 aromatic rings. The highest BCUT2D eigenvalue weighted by Crippen LogP contribution is 2.13. The van der Waals surface area contributed by atoms with Crippen LogP contribution in [0, 0.1) is 6.92 Å². The molecule has 1 heterocycles. The first kappa shape index (κ1) is 14.1. The third-order valence-corrected chi connectivity index (χ3v) is 4.08. The highest BCUT2D eigenvalue weighted by Gasteiger charge is 2.21. The van der Waals surface area contributed by atoms with Crippen LogP contribution >= 0.6 is 0 Å². The summed E-state index contributed by atoms with van der Waals surface area (Å²) in [4.78, 5) is 14.2. The fraction of sp³-hybridized carbons (Fsp3) is 0.562. The predicted octanol–water partition coefficient (Wildman–Crippen LogP) is 2.14. The molecule has 1 fully saturated rings. The summed E-state index contributed by atoms with van der Waals surface area (Å²) in [5.74, 6) is 0.261. The number of benzene rings is 1. The first-order valence-corrected chi connectivity index (χ1v) is 7.19. The molecule has 1 aliphatic heterocycles. The van der Waals surface area contributed by atoms with Crippen molar-refractivity contribution < 1.29 is 4.79 Å². The number of carbonyl (C=O) groups is 1. The number of hydrogen-bond acceptors (Lipinski definition) is 2. The van der Waals surface area contributed by atoms with Crippen molar-refractivity contribution in [3.8, 4) is 0 Å². The van der Waals surface area contributed by atoms with E-state index in [-0.39, 0.29) is 5.91 Å².